The Kier molecular flexibility index (Phi) is 11.1. The average molecular weight is 509 g/mol. The number of carbonyl (C=O) groups excluding carboxylic acids is 2. The van der Waals surface area contributed by atoms with Crippen molar-refractivity contribution in [3.05, 3.63) is 74.9 Å². The maximum Gasteiger partial charge on any atom is 0.344 e. The fraction of sp³-hybridized carbons (Fsp3) is 0.419. The molecular formula is C31H40O6. The van der Waals surface area contributed by atoms with Crippen molar-refractivity contribution in [2.75, 3.05) is 20.5 Å². The van der Waals surface area contributed by atoms with Crippen LogP contribution in [0.3, 0.4) is 0 Å². The number of ether oxygens (including phenoxy) is 4. The standard InChI is InChI=1S/C31H40O6/c1-10-13-16-35-26-17-19(4)27(25(15-12-3)24(26)14-11-2)31(33)37-29-22(7)20(5)28(21(6)23(29)8)30(32)36-18-34-9/h11-12,15,17H,2,10,13-14,16,18H2,1,3-9H3/b15-12+. The van der Waals surface area contributed by atoms with Crippen molar-refractivity contribution in [3.8, 4) is 11.5 Å². The Bertz CT molecular complexity index is 1160. The van der Waals surface area contributed by atoms with Crippen molar-refractivity contribution in [3.63, 3.8) is 0 Å². The summed E-state index contributed by atoms with van der Waals surface area (Å²) in [5, 5.41) is 0. The van der Waals surface area contributed by atoms with Gasteiger partial charge in [0.15, 0.2) is 6.79 Å². The van der Waals surface area contributed by atoms with Gasteiger partial charge >= 0.3 is 11.9 Å². The highest BCUT2D eigenvalue weighted by molar-refractivity contribution is 5.99. The third-order valence-corrected chi connectivity index (χ3v) is 6.54. The fourth-order valence-corrected chi connectivity index (χ4v) is 4.35. The van der Waals surface area contributed by atoms with Gasteiger partial charge in [0, 0.05) is 12.7 Å². The van der Waals surface area contributed by atoms with Crippen LogP contribution in [-0.2, 0) is 15.9 Å². The quantitative estimate of drug-likeness (QED) is 0.0997. The fourth-order valence-electron chi connectivity index (χ4n) is 4.35. The molecule has 0 unspecified atom stereocenters. The lowest BCUT2D eigenvalue weighted by Crippen LogP contribution is -2.18. The van der Waals surface area contributed by atoms with Gasteiger partial charge in [-0.25, -0.2) is 9.59 Å². The maximum absolute atomic E-state index is 13.7. The number of rotatable bonds is 12. The van der Waals surface area contributed by atoms with Crippen molar-refractivity contribution >= 4 is 18.0 Å². The molecule has 0 aliphatic heterocycles. The predicted octanol–water partition coefficient (Wildman–Crippen LogP) is 7.15. The van der Waals surface area contributed by atoms with Gasteiger partial charge in [-0.2, -0.15) is 0 Å². The molecule has 0 saturated heterocycles. The molecule has 0 aliphatic rings. The van der Waals surface area contributed by atoms with Crippen LogP contribution in [0.1, 0.15) is 86.3 Å². The highest BCUT2D eigenvalue weighted by atomic mass is 16.7. The third-order valence-electron chi connectivity index (χ3n) is 6.54. The minimum absolute atomic E-state index is 0.134. The largest absolute Gasteiger partial charge is 0.493 e. The maximum atomic E-state index is 13.7. The van der Waals surface area contributed by atoms with Crippen LogP contribution in [0.25, 0.3) is 6.08 Å². The Balaban J connectivity index is 2.61. The third kappa shape index (κ3) is 6.69. The van der Waals surface area contributed by atoms with Crippen LogP contribution in [0.4, 0.5) is 0 Å². The van der Waals surface area contributed by atoms with E-state index in [0.29, 0.717) is 52.2 Å². The normalized spacial score (nSPS) is 11.0. The van der Waals surface area contributed by atoms with Gasteiger partial charge in [-0.15, -0.1) is 6.58 Å². The van der Waals surface area contributed by atoms with Crippen LogP contribution in [-0.4, -0.2) is 32.4 Å². The number of allylic oxidation sites excluding steroid dienone is 2. The molecule has 0 aromatic heterocycles. The van der Waals surface area contributed by atoms with Crippen molar-refractivity contribution in [2.45, 2.75) is 67.7 Å². The highest BCUT2D eigenvalue weighted by Crippen LogP contribution is 2.36. The second-order valence-electron chi connectivity index (χ2n) is 9.09. The Hall–Kier alpha value is -3.38. The van der Waals surface area contributed by atoms with Crippen molar-refractivity contribution in [2.24, 2.45) is 0 Å². The minimum Gasteiger partial charge on any atom is -0.493 e. The summed E-state index contributed by atoms with van der Waals surface area (Å²) < 4.78 is 22.2. The zero-order valence-electron chi connectivity index (χ0n) is 23.5. The second kappa shape index (κ2) is 13.8. The summed E-state index contributed by atoms with van der Waals surface area (Å²) in [5.74, 6) is 0.270. The van der Waals surface area contributed by atoms with E-state index < -0.39 is 11.9 Å². The SMILES string of the molecule is C=CCc1c(OCCCC)cc(C)c(C(=O)Oc2c(C)c(C)c(C(=O)OCOC)c(C)c2C)c1/C=C/C. The van der Waals surface area contributed by atoms with E-state index in [1.165, 1.54) is 7.11 Å². The van der Waals surface area contributed by atoms with Crippen LogP contribution in [0, 0.1) is 34.6 Å². The smallest absolute Gasteiger partial charge is 0.344 e. The lowest BCUT2D eigenvalue weighted by atomic mass is 9.92. The van der Waals surface area contributed by atoms with Gasteiger partial charge in [-0.3, -0.25) is 0 Å². The van der Waals surface area contributed by atoms with Gasteiger partial charge in [-0.1, -0.05) is 31.6 Å². The summed E-state index contributed by atoms with van der Waals surface area (Å²) in [5.41, 5.74) is 6.18. The number of esters is 2. The zero-order chi connectivity index (χ0) is 27.7. The molecule has 6 heteroatoms. The topological polar surface area (TPSA) is 71.1 Å². The molecule has 0 aliphatic carbocycles. The summed E-state index contributed by atoms with van der Waals surface area (Å²) in [6.07, 6.45) is 8.15. The lowest BCUT2D eigenvalue weighted by Gasteiger charge is -2.21. The molecule has 0 heterocycles. The molecule has 0 radical (unpaired) electrons. The monoisotopic (exact) mass is 508 g/mol. The van der Waals surface area contributed by atoms with Crippen molar-refractivity contribution in [1.82, 2.24) is 0 Å². The molecule has 2 rings (SSSR count). The van der Waals surface area contributed by atoms with E-state index in [0.717, 1.165) is 35.3 Å². The summed E-state index contributed by atoms with van der Waals surface area (Å²) >= 11 is 0. The molecule has 0 N–H and O–H groups in total. The number of carbonyl (C=O) groups is 2. The van der Waals surface area contributed by atoms with Gasteiger partial charge in [-0.05, 0) is 93.8 Å². The molecule has 0 bridgehead atoms. The Morgan fingerprint density at radius 1 is 0.973 bits per heavy atom. The highest BCUT2D eigenvalue weighted by Gasteiger charge is 2.26. The van der Waals surface area contributed by atoms with Crippen LogP contribution in [0.15, 0.2) is 24.8 Å². The zero-order valence-corrected chi connectivity index (χ0v) is 23.5. The molecule has 200 valence electrons. The predicted molar refractivity (Wildman–Crippen MR) is 148 cm³/mol. The van der Waals surface area contributed by atoms with E-state index >= 15 is 0 Å². The Labute approximate surface area is 221 Å². The van der Waals surface area contributed by atoms with Crippen molar-refractivity contribution in [1.29, 1.82) is 0 Å². The molecule has 0 fully saturated rings. The Morgan fingerprint density at radius 2 is 1.62 bits per heavy atom. The molecule has 6 nitrogen and oxygen atoms in total. The first kappa shape index (κ1) is 29.8. The molecule has 0 spiro atoms. The number of unbranched alkanes of at least 4 members (excludes halogenated alkanes) is 1. The first-order chi connectivity index (χ1) is 17.6. The van der Waals surface area contributed by atoms with Gasteiger partial charge in [0.1, 0.15) is 11.5 Å². The van der Waals surface area contributed by atoms with E-state index in [1.807, 2.05) is 65.8 Å². The lowest BCUT2D eigenvalue weighted by molar-refractivity contribution is -0.0126. The molecule has 0 amide bonds. The number of methoxy groups -OCH3 is 1. The molecular weight excluding hydrogens is 468 g/mol. The van der Waals surface area contributed by atoms with Gasteiger partial charge < -0.3 is 18.9 Å². The number of hydrogen-bond donors (Lipinski definition) is 0. The van der Waals surface area contributed by atoms with E-state index in [9.17, 15) is 9.59 Å². The summed E-state index contributed by atoms with van der Waals surface area (Å²) in [6, 6.07) is 1.91. The van der Waals surface area contributed by atoms with E-state index in [1.54, 1.807) is 0 Å². The first-order valence-electron chi connectivity index (χ1n) is 12.7. The van der Waals surface area contributed by atoms with Gasteiger partial charge in [0.2, 0.25) is 0 Å². The van der Waals surface area contributed by atoms with Gasteiger partial charge in [0.05, 0.1) is 17.7 Å². The minimum atomic E-state index is -0.472. The second-order valence-corrected chi connectivity index (χ2v) is 9.09. The van der Waals surface area contributed by atoms with Crippen LogP contribution in [0.5, 0.6) is 11.5 Å². The Morgan fingerprint density at radius 3 is 2.16 bits per heavy atom. The summed E-state index contributed by atoms with van der Waals surface area (Å²) in [4.78, 5) is 26.4. The molecule has 0 atom stereocenters. The number of hydrogen-bond acceptors (Lipinski definition) is 6. The molecule has 2 aromatic rings. The molecule has 37 heavy (non-hydrogen) atoms. The first-order valence-corrected chi connectivity index (χ1v) is 12.7. The van der Waals surface area contributed by atoms with E-state index in [-0.39, 0.29) is 6.79 Å². The van der Waals surface area contributed by atoms with Gasteiger partial charge in [0.25, 0.3) is 0 Å². The van der Waals surface area contributed by atoms with Crippen LogP contribution >= 0.6 is 0 Å². The number of aryl methyl sites for hydroxylation is 1. The summed E-state index contributed by atoms with van der Waals surface area (Å²) in [6.45, 7) is 17.6. The average Bonchev–Trinajstić information content (AvgIpc) is 2.86. The van der Waals surface area contributed by atoms with Crippen LogP contribution in [0.2, 0.25) is 0 Å². The summed E-state index contributed by atoms with van der Waals surface area (Å²) in [7, 11) is 1.46. The van der Waals surface area contributed by atoms with E-state index in [2.05, 4.69) is 13.5 Å². The number of benzene rings is 2. The molecule has 0 saturated carbocycles. The van der Waals surface area contributed by atoms with Crippen LogP contribution < -0.4 is 9.47 Å². The molecule has 2 aromatic carbocycles. The van der Waals surface area contributed by atoms with Crippen molar-refractivity contribution < 1.29 is 28.5 Å². The van der Waals surface area contributed by atoms with E-state index in [4.69, 9.17) is 18.9 Å².